The van der Waals surface area contributed by atoms with E-state index in [2.05, 4.69) is 0 Å². The molecule has 2 aliphatic rings. The first-order valence-corrected chi connectivity index (χ1v) is 11.0. The van der Waals surface area contributed by atoms with E-state index in [1.54, 1.807) is 12.1 Å². The Bertz CT molecular complexity index is 1260. The second-order valence-electron chi connectivity index (χ2n) is 8.36. The van der Waals surface area contributed by atoms with Gasteiger partial charge in [-0.2, -0.15) is 0 Å². The molecule has 2 N–H and O–H groups in total. The van der Waals surface area contributed by atoms with Crippen molar-refractivity contribution in [1.29, 1.82) is 0 Å². The summed E-state index contributed by atoms with van der Waals surface area (Å²) < 4.78 is 51.4. The fraction of sp³-hybridized carbons (Fsp3) is 0.269. The lowest BCUT2D eigenvalue weighted by Crippen LogP contribution is -2.09. The van der Waals surface area contributed by atoms with E-state index in [-0.39, 0.29) is 24.1 Å². The van der Waals surface area contributed by atoms with E-state index < -0.39 is 17.7 Å². The zero-order valence-electron chi connectivity index (χ0n) is 18.5. The second-order valence-corrected chi connectivity index (χ2v) is 8.36. The van der Waals surface area contributed by atoms with E-state index in [9.17, 15) is 13.6 Å². The van der Waals surface area contributed by atoms with Crippen LogP contribution in [0.1, 0.15) is 41.6 Å². The summed E-state index contributed by atoms with van der Waals surface area (Å²) in [5, 5.41) is 0. The van der Waals surface area contributed by atoms with Crippen LogP contribution in [0.25, 0.3) is 0 Å². The third-order valence-corrected chi connectivity index (χ3v) is 6.20. The fourth-order valence-corrected chi connectivity index (χ4v) is 4.52. The summed E-state index contributed by atoms with van der Waals surface area (Å²) in [4.78, 5) is 11.6. The summed E-state index contributed by atoms with van der Waals surface area (Å²) in [6.07, 6.45) is 0.755. The lowest BCUT2D eigenvalue weighted by Gasteiger charge is -2.17. The highest BCUT2D eigenvalue weighted by atomic mass is 19.1. The SMILES string of the molecule is COC(=O)C[C@@H]1COc2cc(O[C@@H]3CCc4c(Oc5cc(N)ccc5F)ccc(F)c43)ccc21. The molecule has 8 heteroatoms. The number of nitrogens with two attached hydrogens (primary N) is 1. The van der Waals surface area contributed by atoms with Crippen molar-refractivity contribution in [2.24, 2.45) is 0 Å². The highest BCUT2D eigenvalue weighted by molar-refractivity contribution is 5.71. The van der Waals surface area contributed by atoms with Gasteiger partial charge in [0.15, 0.2) is 11.6 Å². The van der Waals surface area contributed by atoms with Gasteiger partial charge in [-0.1, -0.05) is 6.07 Å². The maximum atomic E-state index is 14.8. The molecule has 0 radical (unpaired) electrons. The van der Waals surface area contributed by atoms with E-state index in [1.807, 2.05) is 6.07 Å². The minimum absolute atomic E-state index is 0.0181. The molecule has 0 saturated carbocycles. The number of hydrogen-bond donors (Lipinski definition) is 1. The number of anilines is 1. The number of fused-ring (bicyclic) bond motifs is 2. The molecule has 176 valence electrons. The number of halogens is 2. The molecule has 3 aromatic rings. The van der Waals surface area contributed by atoms with Crippen LogP contribution in [0.4, 0.5) is 14.5 Å². The van der Waals surface area contributed by atoms with Gasteiger partial charge in [0.05, 0.1) is 20.1 Å². The standard InChI is InChI=1S/C26H23F2NO5/c1-31-25(30)10-14-13-32-23-12-16(3-4-17(14)23)33-22-8-5-18-21(9-7-20(28)26(18)22)34-24-11-15(29)2-6-19(24)27/h2-4,6-7,9,11-12,14,22H,5,8,10,13,29H2,1H3/t14-,22-/m1/s1. The number of ether oxygens (including phenoxy) is 4. The first kappa shape index (κ1) is 22.0. The largest absolute Gasteiger partial charge is 0.492 e. The fourth-order valence-electron chi connectivity index (χ4n) is 4.52. The molecule has 3 aromatic carbocycles. The Morgan fingerprint density at radius 3 is 2.74 bits per heavy atom. The van der Waals surface area contributed by atoms with Gasteiger partial charge in [0, 0.05) is 40.4 Å². The van der Waals surface area contributed by atoms with Crippen LogP contribution < -0.4 is 19.9 Å². The molecule has 1 aliphatic heterocycles. The van der Waals surface area contributed by atoms with E-state index in [0.717, 1.165) is 5.56 Å². The van der Waals surface area contributed by atoms with E-state index in [1.165, 1.54) is 37.4 Å². The van der Waals surface area contributed by atoms with Crippen LogP contribution in [0.2, 0.25) is 0 Å². The van der Waals surface area contributed by atoms with Crippen LogP contribution in [-0.4, -0.2) is 19.7 Å². The molecule has 0 fully saturated rings. The Hall–Kier alpha value is -3.81. The van der Waals surface area contributed by atoms with Gasteiger partial charge in [0.2, 0.25) is 0 Å². The molecule has 1 heterocycles. The molecule has 0 unspecified atom stereocenters. The average Bonchev–Trinajstić information content (AvgIpc) is 3.43. The smallest absolute Gasteiger partial charge is 0.306 e. The molecule has 0 saturated heterocycles. The number of benzene rings is 3. The van der Waals surface area contributed by atoms with Crippen molar-refractivity contribution in [3.63, 3.8) is 0 Å². The van der Waals surface area contributed by atoms with Crippen molar-refractivity contribution in [3.05, 3.63) is 76.9 Å². The van der Waals surface area contributed by atoms with Crippen LogP contribution in [-0.2, 0) is 16.0 Å². The highest BCUT2D eigenvalue weighted by Gasteiger charge is 2.32. The molecule has 0 spiro atoms. The Balaban J connectivity index is 1.37. The van der Waals surface area contributed by atoms with Gasteiger partial charge in [-0.3, -0.25) is 4.79 Å². The minimum Gasteiger partial charge on any atom is -0.492 e. The molecule has 5 rings (SSSR count). The van der Waals surface area contributed by atoms with Crippen LogP contribution in [0, 0.1) is 11.6 Å². The van der Waals surface area contributed by atoms with E-state index >= 15 is 0 Å². The van der Waals surface area contributed by atoms with Gasteiger partial charge in [0.25, 0.3) is 0 Å². The molecule has 2 atom stereocenters. The molecule has 6 nitrogen and oxygen atoms in total. The van der Waals surface area contributed by atoms with E-state index in [4.69, 9.17) is 24.7 Å². The zero-order valence-corrected chi connectivity index (χ0v) is 18.5. The molecule has 1 aliphatic carbocycles. The molecule has 0 bridgehead atoms. The van der Waals surface area contributed by atoms with Crippen LogP contribution in [0.15, 0.2) is 48.5 Å². The summed E-state index contributed by atoms with van der Waals surface area (Å²) in [6.45, 7) is 0.385. The first-order chi connectivity index (χ1) is 16.4. The number of esters is 1. The maximum absolute atomic E-state index is 14.8. The maximum Gasteiger partial charge on any atom is 0.306 e. The normalized spacial score (nSPS) is 18.1. The first-order valence-electron chi connectivity index (χ1n) is 11.0. The summed E-state index contributed by atoms with van der Waals surface area (Å²) in [7, 11) is 1.36. The van der Waals surface area contributed by atoms with Crippen LogP contribution >= 0.6 is 0 Å². The van der Waals surface area contributed by atoms with Crippen molar-refractivity contribution < 1.29 is 32.5 Å². The molecule has 0 amide bonds. The predicted octanol–water partition coefficient (Wildman–Crippen LogP) is 5.44. The van der Waals surface area contributed by atoms with Gasteiger partial charge in [0.1, 0.15) is 29.2 Å². The second kappa shape index (κ2) is 8.85. The lowest BCUT2D eigenvalue weighted by molar-refractivity contribution is -0.141. The number of carbonyl (C=O) groups is 1. The van der Waals surface area contributed by atoms with Crippen molar-refractivity contribution in [2.45, 2.75) is 31.3 Å². The zero-order chi connectivity index (χ0) is 23.8. The monoisotopic (exact) mass is 467 g/mol. The molecule has 34 heavy (non-hydrogen) atoms. The van der Waals surface area contributed by atoms with Gasteiger partial charge in [-0.25, -0.2) is 8.78 Å². The number of carbonyl (C=O) groups excluding carboxylic acids is 1. The third-order valence-electron chi connectivity index (χ3n) is 6.20. The number of nitrogen functional groups attached to an aromatic ring is 1. The number of rotatable bonds is 6. The number of methoxy groups -OCH3 is 1. The highest BCUT2D eigenvalue weighted by Crippen LogP contribution is 2.44. The van der Waals surface area contributed by atoms with Crippen molar-refractivity contribution >= 4 is 11.7 Å². The van der Waals surface area contributed by atoms with Gasteiger partial charge in [-0.05, 0) is 43.2 Å². The lowest BCUT2D eigenvalue weighted by atomic mass is 9.98. The summed E-state index contributed by atoms with van der Waals surface area (Å²) in [5.41, 5.74) is 8.06. The Morgan fingerprint density at radius 1 is 1.09 bits per heavy atom. The molecular weight excluding hydrogens is 444 g/mol. The Morgan fingerprint density at radius 2 is 1.91 bits per heavy atom. The summed E-state index contributed by atoms with van der Waals surface area (Å²) in [6, 6.07) is 12.3. The average molecular weight is 467 g/mol. The predicted molar refractivity (Wildman–Crippen MR) is 120 cm³/mol. The molecule has 0 aromatic heterocycles. The van der Waals surface area contributed by atoms with E-state index in [0.29, 0.717) is 53.5 Å². The third kappa shape index (κ3) is 4.11. The minimum atomic E-state index is -0.554. The topological polar surface area (TPSA) is 80.0 Å². The van der Waals surface area contributed by atoms with Gasteiger partial charge in [-0.15, -0.1) is 0 Å². The quantitative estimate of drug-likeness (QED) is 0.384. The van der Waals surface area contributed by atoms with Crippen LogP contribution in [0.5, 0.6) is 23.0 Å². The van der Waals surface area contributed by atoms with Gasteiger partial charge >= 0.3 is 5.97 Å². The number of hydrogen-bond acceptors (Lipinski definition) is 6. The summed E-state index contributed by atoms with van der Waals surface area (Å²) in [5.74, 6) is 0.187. The van der Waals surface area contributed by atoms with Crippen molar-refractivity contribution in [3.8, 4) is 23.0 Å². The summed E-state index contributed by atoms with van der Waals surface area (Å²) >= 11 is 0. The van der Waals surface area contributed by atoms with Crippen molar-refractivity contribution in [1.82, 2.24) is 0 Å². The van der Waals surface area contributed by atoms with Crippen molar-refractivity contribution in [2.75, 3.05) is 19.5 Å². The molecular formula is C26H23F2NO5. The Labute approximate surface area is 195 Å². The van der Waals surface area contributed by atoms with Crippen LogP contribution in [0.3, 0.4) is 0 Å². The Kier molecular flexibility index (Phi) is 5.73. The van der Waals surface area contributed by atoms with Gasteiger partial charge < -0.3 is 24.7 Å².